The molecule has 0 spiro atoms. The van der Waals surface area contributed by atoms with Crippen LogP contribution in [0.3, 0.4) is 0 Å². The molecule has 44 heavy (non-hydrogen) atoms. The SMILES string of the molecule is Cc1c(Cc2ccc(F)c(C(=O)N3CCN4C(COc5ccc(F)cc5)=[N+]N(OC(=O)C(F)(F)F)C4C3)c2)n[nH]c(=O)c1C. The summed E-state index contributed by atoms with van der Waals surface area (Å²) in [6.45, 7) is 2.84. The number of hydroxylamine groups is 1. The summed E-state index contributed by atoms with van der Waals surface area (Å²) in [5.74, 6) is -4.24. The molecule has 231 valence electrons. The number of ether oxygens (including phenoxy) is 1. The van der Waals surface area contributed by atoms with E-state index < -0.39 is 35.9 Å². The third-order valence-electron chi connectivity index (χ3n) is 7.29. The molecule has 2 aliphatic rings. The predicted molar refractivity (Wildman–Crippen MR) is 143 cm³/mol. The van der Waals surface area contributed by atoms with E-state index in [9.17, 15) is 36.3 Å². The average Bonchev–Trinajstić information content (AvgIpc) is 3.33. The highest BCUT2D eigenvalue weighted by Gasteiger charge is 2.53. The zero-order valence-corrected chi connectivity index (χ0v) is 23.3. The molecular formula is C28H25F5N6O5+. The van der Waals surface area contributed by atoms with E-state index in [0.717, 1.165) is 18.2 Å². The Balaban J connectivity index is 1.34. The van der Waals surface area contributed by atoms with Crippen molar-refractivity contribution < 1.29 is 41.1 Å². The molecule has 0 saturated carbocycles. The maximum absolute atomic E-state index is 14.9. The minimum absolute atomic E-state index is 0.0232. The molecule has 1 aromatic heterocycles. The summed E-state index contributed by atoms with van der Waals surface area (Å²) in [4.78, 5) is 44.2. The number of amides is 1. The van der Waals surface area contributed by atoms with Gasteiger partial charge in [0.15, 0.2) is 6.61 Å². The highest BCUT2D eigenvalue weighted by molar-refractivity contribution is 5.95. The fraction of sp³-hybridized carbons (Fsp3) is 0.321. The van der Waals surface area contributed by atoms with Crippen molar-refractivity contribution in [3.8, 4) is 5.75 Å². The van der Waals surface area contributed by atoms with Crippen LogP contribution in [-0.4, -0.2) is 81.5 Å². The van der Waals surface area contributed by atoms with Gasteiger partial charge in [-0.25, -0.2) is 23.6 Å². The quantitative estimate of drug-likeness (QED) is 0.400. The molecule has 1 radical (unpaired) electrons. The molecule has 1 fully saturated rings. The lowest BCUT2D eigenvalue weighted by Gasteiger charge is -2.34. The van der Waals surface area contributed by atoms with Crippen LogP contribution in [0.5, 0.6) is 5.75 Å². The van der Waals surface area contributed by atoms with Gasteiger partial charge in [0.05, 0.1) is 29.4 Å². The van der Waals surface area contributed by atoms with Gasteiger partial charge in [-0.3, -0.25) is 14.4 Å². The summed E-state index contributed by atoms with van der Waals surface area (Å²) >= 11 is 0. The van der Waals surface area contributed by atoms with E-state index in [-0.39, 0.29) is 55.4 Å². The number of nitrogens with zero attached hydrogens (tertiary/aromatic N) is 5. The van der Waals surface area contributed by atoms with Crippen LogP contribution in [0.15, 0.2) is 47.3 Å². The van der Waals surface area contributed by atoms with Crippen molar-refractivity contribution in [2.75, 3.05) is 26.2 Å². The molecule has 16 heteroatoms. The molecule has 5 rings (SSSR count). The van der Waals surface area contributed by atoms with E-state index in [1.54, 1.807) is 13.8 Å². The molecule has 0 bridgehead atoms. The number of carbonyl (C=O) groups is 2. The summed E-state index contributed by atoms with van der Waals surface area (Å²) in [5.41, 5.74) is 1.56. The standard InChI is InChI=1S/C28H25F5N6O5/c1-15-16(2)25(40)35-34-22(15)12-17-3-8-21(30)20(11-17)26(41)37-9-10-38-23(14-43-19-6-4-18(29)5-7-19)36-39(24(38)13-37)44-27(42)28(31,32)33/h3-8,11,24H,9-10,12-14H2,1-2H3,(H,35,40)/q+1. The number of halogens is 5. The van der Waals surface area contributed by atoms with Crippen molar-refractivity contribution in [3.05, 3.63) is 92.4 Å². The Bertz CT molecular complexity index is 1680. The Morgan fingerprint density at radius 1 is 1.07 bits per heavy atom. The third kappa shape index (κ3) is 6.33. The first-order chi connectivity index (χ1) is 20.8. The maximum atomic E-state index is 14.9. The zero-order chi connectivity index (χ0) is 31.8. The zero-order valence-electron chi connectivity index (χ0n) is 23.3. The highest BCUT2D eigenvalue weighted by Crippen LogP contribution is 2.25. The molecule has 3 heterocycles. The van der Waals surface area contributed by atoms with Crippen molar-refractivity contribution in [1.82, 2.24) is 30.3 Å². The number of hydrazone groups is 1. The minimum Gasteiger partial charge on any atom is -0.481 e. The molecule has 11 nitrogen and oxygen atoms in total. The summed E-state index contributed by atoms with van der Waals surface area (Å²) in [5, 5.41) is 10.9. The smallest absolute Gasteiger partial charge is 0.481 e. The number of aromatic nitrogens is 2. The van der Waals surface area contributed by atoms with E-state index in [4.69, 9.17) is 4.74 Å². The van der Waals surface area contributed by atoms with Crippen LogP contribution < -0.4 is 15.4 Å². The molecule has 2 aliphatic heterocycles. The van der Waals surface area contributed by atoms with Gasteiger partial charge in [-0.05, 0) is 61.4 Å². The number of piperazine rings is 1. The summed E-state index contributed by atoms with van der Waals surface area (Å²) in [6.07, 6.45) is -6.31. The summed E-state index contributed by atoms with van der Waals surface area (Å²) < 4.78 is 72.8. The van der Waals surface area contributed by atoms with Crippen LogP contribution in [0.25, 0.3) is 0 Å². The van der Waals surface area contributed by atoms with Gasteiger partial charge in [-0.1, -0.05) is 6.07 Å². The average molecular weight is 621 g/mol. The van der Waals surface area contributed by atoms with Crippen LogP contribution in [0.4, 0.5) is 22.0 Å². The molecule has 2 aromatic carbocycles. The molecule has 0 aliphatic carbocycles. The van der Waals surface area contributed by atoms with Crippen molar-refractivity contribution in [2.24, 2.45) is 0 Å². The monoisotopic (exact) mass is 620 g/mol. The van der Waals surface area contributed by atoms with E-state index in [0.29, 0.717) is 27.6 Å². The number of hydrogen-bond acceptors (Lipinski definition) is 9. The second kappa shape index (κ2) is 11.9. The number of rotatable bonds is 7. The van der Waals surface area contributed by atoms with Gasteiger partial charge in [0, 0.05) is 17.2 Å². The number of carbonyl (C=O) groups excluding carboxylic acids is 2. The largest absolute Gasteiger partial charge is 0.493 e. The summed E-state index contributed by atoms with van der Waals surface area (Å²) in [6, 6.07) is 8.95. The Hall–Kier alpha value is -5.02. The molecule has 1 N–H and O–H groups in total. The first kappa shape index (κ1) is 30.4. The van der Waals surface area contributed by atoms with Gasteiger partial charge < -0.3 is 9.64 Å². The van der Waals surface area contributed by atoms with Crippen LogP contribution in [-0.2, 0) is 16.1 Å². The van der Waals surface area contributed by atoms with Crippen LogP contribution in [0, 0.1) is 25.5 Å². The number of benzene rings is 2. The Kier molecular flexibility index (Phi) is 8.25. The number of amidine groups is 1. The van der Waals surface area contributed by atoms with Gasteiger partial charge in [0.1, 0.15) is 23.9 Å². The minimum atomic E-state index is -5.32. The Morgan fingerprint density at radius 2 is 1.80 bits per heavy atom. The fourth-order valence-electron chi connectivity index (χ4n) is 4.74. The second-order valence-electron chi connectivity index (χ2n) is 10.1. The number of aromatic amines is 1. The Morgan fingerprint density at radius 3 is 2.50 bits per heavy atom. The number of hydrogen-bond donors (Lipinski definition) is 1. The van der Waals surface area contributed by atoms with Crippen molar-refractivity contribution in [2.45, 2.75) is 32.6 Å². The number of H-pyrrole nitrogens is 1. The van der Waals surface area contributed by atoms with Gasteiger partial charge in [0.2, 0.25) is 0 Å². The first-order valence-electron chi connectivity index (χ1n) is 13.2. The maximum Gasteiger partial charge on any atom is 0.493 e. The fourth-order valence-corrected chi connectivity index (χ4v) is 4.74. The van der Waals surface area contributed by atoms with Gasteiger partial charge in [-0.2, -0.15) is 18.3 Å². The first-order valence-corrected chi connectivity index (χ1v) is 13.2. The van der Waals surface area contributed by atoms with Crippen molar-refractivity contribution >= 4 is 17.7 Å². The summed E-state index contributed by atoms with van der Waals surface area (Å²) in [7, 11) is 0. The van der Waals surface area contributed by atoms with Gasteiger partial charge in [-0.15, -0.1) is 0 Å². The number of nitrogens with one attached hydrogen (secondary N) is 1. The Labute approximate surface area is 246 Å². The van der Waals surface area contributed by atoms with E-state index in [1.165, 1.54) is 34.1 Å². The van der Waals surface area contributed by atoms with Gasteiger partial charge in [0.25, 0.3) is 17.6 Å². The van der Waals surface area contributed by atoms with E-state index >= 15 is 0 Å². The topological polar surface area (TPSA) is 122 Å². The third-order valence-corrected chi connectivity index (χ3v) is 7.29. The van der Waals surface area contributed by atoms with E-state index in [2.05, 4.69) is 20.1 Å². The number of fused-ring (bicyclic) bond motifs is 1. The lowest BCUT2D eigenvalue weighted by molar-refractivity contribution is -0.258. The molecule has 1 amide bonds. The lowest BCUT2D eigenvalue weighted by atomic mass is 10.0. The lowest BCUT2D eigenvalue weighted by Crippen LogP contribution is -2.59. The van der Waals surface area contributed by atoms with Crippen LogP contribution in [0.1, 0.15) is 32.7 Å². The van der Waals surface area contributed by atoms with Crippen molar-refractivity contribution in [3.63, 3.8) is 0 Å². The highest BCUT2D eigenvalue weighted by atomic mass is 19.4. The molecular weight excluding hydrogens is 595 g/mol. The van der Waals surface area contributed by atoms with Crippen LogP contribution >= 0.6 is 0 Å². The van der Waals surface area contributed by atoms with E-state index in [1.807, 2.05) is 0 Å². The molecule has 1 unspecified atom stereocenters. The molecule has 1 atom stereocenters. The molecule has 1 saturated heterocycles. The normalized spacial score (nSPS) is 16.5. The van der Waals surface area contributed by atoms with Gasteiger partial charge >= 0.3 is 18.0 Å². The number of alkyl halides is 3. The van der Waals surface area contributed by atoms with Crippen LogP contribution in [0.2, 0.25) is 0 Å². The van der Waals surface area contributed by atoms with Crippen molar-refractivity contribution in [1.29, 1.82) is 0 Å². The molecule has 3 aromatic rings. The predicted octanol–water partition coefficient (Wildman–Crippen LogP) is 2.40. The second-order valence-corrected chi connectivity index (χ2v) is 10.1.